The maximum absolute atomic E-state index is 10.1. The summed E-state index contributed by atoms with van der Waals surface area (Å²) in [6, 6.07) is 5.53. The summed E-state index contributed by atoms with van der Waals surface area (Å²) in [7, 11) is 0. The van der Waals surface area contributed by atoms with E-state index in [0.717, 1.165) is 49.1 Å². The number of nitrogens with one attached hydrogen (secondary N) is 2. The van der Waals surface area contributed by atoms with Gasteiger partial charge in [-0.1, -0.05) is 11.6 Å². The van der Waals surface area contributed by atoms with Gasteiger partial charge in [-0.05, 0) is 30.7 Å². The van der Waals surface area contributed by atoms with Gasteiger partial charge in [0.15, 0.2) is 0 Å². The topological polar surface area (TPSA) is 58.6 Å². The van der Waals surface area contributed by atoms with Crippen LogP contribution in [-0.4, -0.2) is 68.8 Å². The molecule has 1 aromatic rings. The number of hydrogen-bond acceptors (Lipinski definition) is 3. The van der Waals surface area contributed by atoms with Crippen LogP contribution in [0.3, 0.4) is 0 Å². The van der Waals surface area contributed by atoms with Gasteiger partial charge < -0.3 is 24.7 Å². The lowest BCUT2D eigenvalue weighted by atomic mass is 10.2. The molecule has 4 N–H and O–H groups in total. The molecule has 0 bridgehead atoms. The minimum absolute atomic E-state index is 0.252. The van der Waals surface area contributed by atoms with Crippen molar-refractivity contribution in [3.05, 3.63) is 28.8 Å². The average Bonchev–Trinajstić information content (AvgIpc) is 2.51. The third kappa shape index (κ3) is 5.41. The lowest BCUT2D eigenvalue weighted by molar-refractivity contribution is -1.01. The molecule has 0 saturated carbocycles. The quantitative estimate of drug-likeness (QED) is 0.475. The number of aliphatic hydroxyl groups is 2. The molecule has 0 unspecified atom stereocenters. The molecule has 1 aliphatic rings. The van der Waals surface area contributed by atoms with E-state index in [1.807, 2.05) is 25.1 Å². The predicted octanol–water partition coefficient (Wildman–Crippen LogP) is -1.84. The van der Waals surface area contributed by atoms with Crippen LogP contribution in [0.1, 0.15) is 5.56 Å². The lowest BCUT2D eigenvalue weighted by Crippen LogP contribution is -3.28. The molecule has 5 nitrogen and oxygen atoms in total. The Hall–Kier alpha value is -0.850. The zero-order chi connectivity index (χ0) is 15.9. The standard InChI is InChI=1S/C16H25ClN2O3/c1-13-10-15(2-3-16(13)17)22-12-14(21)11-19-6-4-18(5-7-19)8-9-20/h2-3,10,14,20-21H,4-9,11-12H2,1H3/p+2/t14-/m0/s1. The van der Waals surface area contributed by atoms with E-state index in [-0.39, 0.29) is 6.61 Å². The van der Waals surface area contributed by atoms with Gasteiger partial charge in [-0.15, -0.1) is 0 Å². The smallest absolute Gasteiger partial charge is 0.137 e. The molecule has 1 aromatic carbocycles. The summed E-state index contributed by atoms with van der Waals surface area (Å²) in [5, 5.41) is 19.8. The van der Waals surface area contributed by atoms with Crippen LogP contribution in [0, 0.1) is 6.92 Å². The Bertz CT molecular complexity index is 465. The van der Waals surface area contributed by atoms with Crippen LogP contribution in [0.5, 0.6) is 5.75 Å². The number of piperazine rings is 1. The van der Waals surface area contributed by atoms with E-state index in [9.17, 15) is 5.11 Å². The Kier molecular flexibility index (Phi) is 6.92. The molecule has 0 spiro atoms. The molecule has 2 rings (SSSR count). The summed E-state index contributed by atoms with van der Waals surface area (Å²) >= 11 is 5.98. The second kappa shape index (κ2) is 8.70. The SMILES string of the molecule is Cc1cc(OC[C@@H](O)C[NH+]2CC[NH+](CCO)CC2)ccc1Cl. The van der Waals surface area contributed by atoms with Crippen molar-refractivity contribution in [1.82, 2.24) is 0 Å². The zero-order valence-corrected chi connectivity index (χ0v) is 13.9. The average molecular weight is 331 g/mol. The summed E-state index contributed by atoms with van der Waals surface area (Å²) in [5.41, 5.74) is 0.974. The summed E-state index contributed by atoms with van der Waals surface area (Å²) in [6.45, 7) is 8.20. The second-order valence-electron chi connectivity index (χ2n) is 6.05. The first-order valence-corrected chi connectivity index (χ1v) is 8.31. The van der Waals surface area contributed by atoms with E-state index in [1.54, 1.807) is 0 Å². The van der Waals surface area contributed by atoms with E-state index >= 15 is 0 Å². The van der Waals surface area contributed by atoms with Crippen LogP contribution in [0.4, 0.5) is 0 Å². The molecular weight excluding hydrogens is 304 g/mol. The molecule has 22 heavy (non-hydrogen) atoms. The molecule has 0 radical (unpaired) electrons. The van der Waals surface area contributed by atoms with Gasteiger partial charge in [0.05, 0.1) is 6.61 Å². The molecule has 1 atom stereocenters. The third-order valence-corrected chi connectivity index (χ3v) is 4.65. The number of benzene rings is 1. The largest absolute Gasteiger partial charge is 0.491 e. The highest BCUT2D eigenvalue weighted by Crippen LogP contribution is 2.20. The fourth-order valence-corrected chi connectivity index (χ4v) is 2.98. The number of aliphatic hydroxyl groups excluding tert-OH is 2. The Morgan fingerprint density at radius 2 is 1.91 bits per heavy atom. The monoisotopic (exact) mass is 330 g/mol. The van der Waals surface area contributed by atoms with Crippen molar-refractivity contribution in [1.29, 1.82) is 0 Å². The van der Waals surface area contributed by atoms with E-state index in [0.29, 0.717) is 13.2 Å². The van der Waals surface area contributed by atoms with E-state index < -0.39 is 6.10 Å². The maximum Gasteiger partial charge on any atom is 0.137 e. The molecule has 6 heteroatoms. The van der Waals surface area contributed by atoms with Gasteiger partial charge >= 0.3 is 0 Å². The minimum Gasteiger partial charge on any atom is -0.491 e. The van der Waals surface area contributed by atoms with Gasteiger partial charge in [0.2, 0.25) is 0 Å². The Labute approximate surface area is 137 Å². The van der Waals surface area contributed by atoms with Crippen molar-refractivity contribution in [2.75, 3.05) is 52.5 Å². The second-order valence-corrected chi connectivity index (χ2v) is 6.46. The summed E-state index contributed by atoms with van der Waals surface area (Å²) in [5.74, 6) is 0.744. The molecular formula is C16H27ClN2O3+2. The molecule has 0 amide bonds. The van der Waals surface area contributed by atoms with Crippen LogP contribution in [0.2, 0.25) is 5.02 Å². The number of ether oxygens (including phenoxy) is 1. The zero-order valence-electron chi connectivity index (χ0n) is 13.1. The molecule has 1 fully saturated rings. The number of hydrogen-bond donors (Lipinski definition) is 4. The van der Waals surface area contributed by atoms with E-state index in [2.05, 4.69) is 0 Å². The first-order chi connectivity index (χ1) is 10.6. The van der Waals surface area contributed by atoms with Crippen molar-refractivity contribution in [3.63, 3.8) is 0 Å². The molecule has 0 aromatic heterocycles. The highest BCUT2D eigenvalue weighted by Gasteiger charge is 2.24. The molecule has 0 aliphatic carbocycles. The van der Waals surface area contributed by atoms with Crippen molar-refractivity contribution >= 4 is 11.6 Å². The highest BCUT2D eigenvalue weighted by molar-refractivity contribution is 6.31. The summed E-state index contributed by atoms with van der Waals surface area (Å²) in [4.78, 5) is 2.86. The van der Waals surface area contributed by atoms with Gasteiger partial charge in [0, 0.05) is 5.02 Å². The number of quaternary nitrogens is 2. The van der Waals surface area contributed by atoms with Crippen LogP contribution >= 0.6 is 11.6 Å². The normalized spacial score (nSPS) is 23.3. The van der Waals surface area contributed by atoms with Gasteiger partial charge in [-0.3, -0.25) is 0 Å². The van der Waals surface area contributed by atoms with Crippen LogP contribution in [-0.2, 0) is 0 Å². The molecule has 1 aliphatic heterocycles. The summed E-state index contributed by atoms with van der Waals surface area (Å²) < 4.78 is 5.64. The third-order valence-electron chi connectivity index (χ3n) is 4.23. The van der Waals surface area contributed by atoms with E-state index in [4.69, 9.17) is 21.4 Å². The van der Waals surface area contributed by atoms with Crippen LogP contribution in [0.25, 0.3) is 0 Å². The predicted molar refractivity (Wildman–Crippen MR) is 85.9 cm³/mol. The van der Waals surface area contributed by atoms with Crippen LogP contribution in [0.15, 0.2) is 18.2 Å². The summed E-state index contributed by atoms with van der Waals surface area (Å²) in [6.07, 6.45) is -0.467. The van der Waals surface area contributed by atoms with Gasteiger partial charge in [-0.25, -0.2) is 0 Å². The van der Waals surface area contributed by atoms with Gasteiger partial charge in [0.25, 0.3) is 0 Å². The number of rotatable bonds is 7. The number of halogens is 1. The van der Waals surface area contributed by atoms with Gasteiger partial charge in [-0.2, -0.15) is 0 Å². The first kappa shape index (κ1) is 17.5. The molecule has 124 valence electrons. The molecule has 1 heterocycles. The molecule has 1 saturated heterocycles. The van der Waals surface area contributed by atoms with Crippen molar-refractivity contribution in [2.45, 2.75) is 13.0 Å². The minimum atomic E-state index is -0.467. The fraction of sp³-hybridized carbons (Fsp3) is 0.625. The van der Waals surface area contributed by atoms with E-state index in [1.165, 1.54) is 9.80 Å². The van der Waals surface area contributed by atoms with Crippen molar-refractivity contribution in [3.8, 4) is 5.75 Å². The maximum atomic E-state index is 10.1. The Morgan fingerprint density at radius 1 is 1.23 bits per heavy atom. The lowest BCUT2D eigenvalue weighted by Gasteiger charge is -2.30. The van der Waals surface area contributed by atoms with Gasteiger partial charge in [0.1, 0.15) is 57.7 Å². The first-order valence-electron chi connectivity index (χ1n) is 7.93. The van der Waals surface area contributed by atoms with Crippen molar-refractivity contribution < 1.29 is 24.7 Å². The Morgan fingerprint density at radius 3 is 2.55 bits per heavy atom. The van der Waals surface area contributed by atoms with Crippen LogP contribution < -0.4 is 14.5 Å². The number of aryl methyl sites for hydroxylation is 1. The Balaban J connectivity index is 1.69. The fourth-order valence-electron chi connectivity index (χ4n) is 2.86. The van der Waals surface area contributed by atoms with Crippen molar-refractivity contribution in [2.24, 2.45) is 0 Å². The highest BCUT2D eigenvalue weighted by atomic mass is 35.5.